The molecule has 0 aliphatic rings. The first-order valence-corrected chi connectivity index (χ1v) is 4.79. The third-order valence-corrected chi connectivity index (χ3v) is 2.08. The summed E-state index contributed by atoms with van der Waals surface area (Å²) in [4.78, 5) is 0. The molecule has 0 amide bonds. The van der Waals surface area contributed by atoms with Crippen LogP contribution in [0.25, 0.3) is 0 Å². The van der Waals surface area contributed by atoms with Crippen molar-refractivity contribution in [2.24, 2.45) is 11.8 Å². The maximum atomic E-state index is 3.97. The Morgan fingerprint density at radius 1 is 1.18 bits per heavy atom. The molecule has 0 aliphatic heterocycles. The number of hydrogen-bond acceptors (Lipinski definition) is 0. The SMILES string of the molecule is [CH2]CCCC(C[CH2])CC(C)C. The van der Waals surface area contributed by atoms with E-state index in [2.05, 4.69) is 27.7 Å². The van der Waals surface area contributed by atoms with Crippen molar-refractivity contribution in [3.63, 3.8) is 0 Å². The predicted molar refractivity (Wildman–Crippen MR) is 52.1 cm³/mol. The highest BCUT2D eigenvalue weighted by atomic mass is 14.1. The summed E-state index contributed by atoms with van der Waals surface area (Å²) in [5, 5.41) is 0. The van der Waals surface area contributed by atoms with Crippen LogP contribution in [0.1, 0.15) is 46.0 Å². The maximum absolute atomic E-state index is 3.97. The quantitative estimate of drug-likeness (QED) is 0.544. The van der Waals surface area contributed by atoms with Gasteiger partial charge >= 0.3 is 0 Å². The van der Waals surface area contributed by atoms with Crippen molar-refractivity contribution in [1.82, 2.24) is 0 Å². The Kier molecular flexibility index (Phi) is 6.69. The van der Waals surface area contributed by atoms with E-state index in [0.717, 1.165) is 24.7 Å². The second kappa shape index (κ2) is 6.69. The molecule has 2 radical (unpaired) electrons. The van der Waals surface area contributed by atoms with Crippen molar-refractivity contribution < 1.29 is 0 Å². The largest absolute Gasteiger partial charge is 0.0628 e. The average Bonchev–Trinajstić information content (AvgIpc) is 1.97. The molecule has 1 atom stereocenters. The molecule has 0 aliphatic carbocycles. The van der Waals surface area contributed by atoms with Crippen molar-refractivity contribution in [2.45, 2.75) is 46.0 Å². The zero-order chi connectivity index (χ0) is 8.69. The van der Waals surface area contributed by atoms with Crippen molar-refractivity contribution in [2.75, 3.05) is 0 Å². The molecule has 0 heterocycles. The molecule has 0 N–H and O–H groups in total. The molecule has 0 nitrogen and oxygen atoms in total. The fraction of sp³-hybridized carbons (Fsp3) is 0.818. The highest BCUT2D eigenvalue weighted by molar-refractivity contribution is 4.63. The molecule has 0 bridgehead atoms. The summed E-state index contributed by atoms with van der Waals surface area (Å²) in [6.45, 7) is 12.4. The molecular weight excluding hydrogens is 132 g/mol. The second-order valence-corrected chi connectivity index (χ2v) is 3.78. The lowest BCUT2D eigenvalue weighted by molar-refractivity contribution is 0.380. The minimum absolute atomic E-state index is 0.826. The van der Waals surface area contributed by atoms with E-state index in [9.17, 15) is 0 Å². The van der Waals surface area contributed by atoms with Gasteiger partial charge in [0.05, 0.1) is 0 Å². The van der Waals surface area contributed by atoms with Gasteiger partial charge in [0.15, 0.2) is 0 Å². The number of rotatable bonds is 6. The van der Waals surface area contributed by atoms with E-state index in [1.54, 1.807) is 0 Å². The van der Waals surface area contributed by atoms with Gasteiger partial charge in [-0.15, -0.1) is 0 Å². The van der Waals surface area contributed by atoms with Gasteiger partial charge in [0, 0.05) is 0 Å². The highest BCUT2D eigenvalue weighted by Gasteiger charge is 2.07. The normalized spacial score (nSPS) is 13.9. The van der Waals surface area contributed by atoms with Crippen LogP contribution in [-0.2, 0) is 0 Å². The van der Waals surface area contributed by atoms with E-state index in [-0.39, 0.29) is 0 Å². The highest BCUT2D eigenvalue weighted by Crippen LogP contribution is 2.20. The van der Waals surface area contributed by atoms with Gasteiger partial charge < -0.3 is 0 Å². The zero-order valence-electron chi connectivity index (χ0n) is 8.10. The van der Waals surface area contributed by atoms with Crippen LogP contribution in [0, 0.1) is 25.7 Å². The van der Waals surface area contributed by atoms with Crippen LogP contribution >= 0.6 is 0 Å². The van der Waals surface area contributed by atoms with Crippen LogP contribution in [0.15, 0.2) is 0 Å². The summed E-state index contributed by atoms with van der Waals surface area (Å²) in [5.41, 5.74) is 0. The molecule has 0 aromatic heterocycles. The lowest BCUT2D eigenvalue weighted by Crippen LogP contribution is -2.03. The second-order valence-electron chi connectivity index (χ2n) is 3.78. The molecular formula is C11H22. The van der Waals surface area contributed by atoms with Gasteiger partial charge in [-0.25, -0.2) is 0 Å². The zero-order valence-corrected chi connectivity index (χ0v) is 8.10. The topological polar surface area (TPSA) is 0 Å². The summed E-state index contributed by atoms with van der Waals surface area (Å²) in [6, 6.07) is 0. The lowest BCUT2D eigenvalue weighted by atomic mass is 9.90. The van der Waals surface area contributed by atoms with E-state index in [1.807, 2.05) is 0 Å². The smallest absolute Gasteiger partial charge is 0.0412 e. The Labute approximate surface area is 72.4 Å². The molecule has 0 heteroatoms. The summed E-state index contributed by atoms with van der Waals surface area (Å²) in [7, 11) is 0. The van der Waals surface area contributed by atoms with Crippen molar-refractivity contribution in [3.8, 4) is 0 Å². The molecule has 0 aromatic rings. The molecule has 0 fully saturated rings. The van der Waals surface area contributed by atoms with Crippen LogP contribution < -0.4 is 0 Å². The molecule has 11 heavy (non-hydrogen) atoms. The van der Waals surface area contributed by atoms with Crippen LogP contribution in [-0.4, -0.2) is 0 Å². The van der Waals surface area contributed by atoms with Gasteiger partial charge in [0.2, 0.25) is 0 Å². The molecule has 0 aromatic carbocycles. The Bertz CT molecular complexity index is 74.1. The minimum atomic E-state index is 0.826. The molecule has 0 rings (SSSR count). The Hall–Kier alpha value is 0. The summed E-state index contributed by atoms with van der Waals surface area (Å²) in [5.74, 6) is 1.67. The van der Waals surface area contributed by atoms with Gasteiger partial charge in [-0.1, -0.05) is 53.4 Å². The molecule has 0 spiro atoms. The summed E-state index contributed by atoms with van der Waals surface area (Å²) >= 11 is 0. The maximum Gasteiger partial charge on any atom is -0.0412 e. The third kappa shape index (κ3) is 6.40. The Morgan fingerprint density at radius 3 is 2.18 bits per heavy atom. The summed E-state index contributed by atoms with van der Waals surface area (Å²) < 4.78 is 0. The van der Waals surface area contributed by atoms with E-state index in [0.29, 0.717) is 0 Å². The third-order valence-electron chi connectivity index (χ3n) is 2.08. The molecule has 1 unspecified atom stereocenters. The first kappa shape index (κ1) is 11.0. The lowest BCUT2D eigenvalue weighted by Gasteiger charge is -2.16. The minimum Gasteiger partial charge on any atom is -0.0628 e. The van der Waals surface area contributed by atoms with Crippen LogP contribution in [0.5, 0.6) is 0 Å². The number of hydrogen-bond donors (Lipinski definition) is 0. The summed E-state index contributed by atoms with van der Waals surface area (Å²) in [6.07, 6.45) is 6.11. The van der Waals surface area contributed by atoms with Crippen LogP contribution in [0.4, 0.5) is 0 Å². The van der Waals surface area contributed by atoms with E-state index in [1.165, 1.54) is 19.3 Å². The fourth-order valence-electron chi connectivity index (χ4n) is 1.48. The number of unbranched alkanes of at least 4 members (excludes halogenated alkanes) is 1. The average molecular weight is 154 g/mol. The van der Waals surface area contributed by atoms with E-state index < -0.39 is 0 Å². The van der Waals surface area contributed by atoms with Crippen LogP contribution in [0.3, 0.4) is 0 Å². The van der Waals surface area contributed by atoms with Crippen LogP contribution in [0.2, 0.25) is 0 Å². The monoisotopic (exact) mass is 154 g/mol. The van der Waals surface area contributed by atoms with Crippen molar-refractivity contribution in [3.05, 3.63) is 13.8 Å². The molecule has 0 saturated heterocycles. The van der Waals surface area contributed by atoms with Gasteiger partial charge in [0.25, 0.3) is 0 Å². The van der Waals surface area contributed by atoms with Crippen molar-refractivity contribution >= 4 is 0 Å². The van der Waals surface area contributed by atoms with E-state index >= 15 is 0 Å². The van der Waals surface area contributed by atoms with E-state index in [4.69, 9.17) is 0 Å². The fourth-order valence-corrected chi connectivity index (χ4v) is 1.48. The van der Waals surface area contributed by atoms with Gasteiger partial charge in [-0.3, -0.25) is 0 Å². The predicted octanol–water partition coefficient (Wildman–Crippen LogP) is 3.88. The van der Waals surface area contributed by atoms with Gasteiger partial charge in [0.1, 0.15) is 0 Å². The van der Waals surface area contributed by atoms with Gasteiger partial charge in [-0.05, 0) is 18.3 Å². The van der Waals surface area contributed by atoms with Crippen molar-refractivity contribution in [1.29, 1.82) is 0 Å². The Balaban J connectivity index is 3.41. The first-order valence-electron chi connectivity index (χ1n) is 4.79. The molecule has 0 saturated carbocycles. The first-order chi connectivity index (χ1) is 5.20. The molecule has 66 valence electrons. The van der Waals surface area contributed by atoms with Gasteiger partial charge in [-0.2, -0.15) is 0 Å². The standard InChI is InChI=1S/C11H22/c1-5-7-8-11(6-2)9-10(3)4/h10-11H,1-2,5-9H2,3-4H3. The Morgan fingerprint density at radius 2 is 1.82 bits per heavy atom.